The van der Waals surface area contributed by atoms with Crippen LogP contribution in [-0.4, -0.2) is 37.7 Å². The molecule has 0 heterocycles. The summed E-state index contributed by atoms with van der Waals surface area (Å²) < 4.78 is 43.5. The zero-order valence-electron chi connectivity index (χ0n) is 32.2. The zero-order chi connectivity index (χ0) is 39.5. The summed E-state index contributed by atoms with van der Waals surface area (Å²) in [5.74, 6) is -0.670. The largest absolute Gasteiger partial charge is 0.382 e. The second-order valence-corrected chi connectivity index (χ2v) is 20.5. The molecule has 0 amide bonds. The highest BCUT2D eigenvalue weighted by molar-refractivity contribution is 7.79. The van der Waals surface area contributed by atoms with Gasteiger partial charge in [-0.05, 0) is 44.2 Å². The third-order valence-corrected chi connectivity index (χ3v) is 17.5. The van der Waals surface area contributed by atoms with Crippen LogP contribution in [0.1, 0.15) is 33.7 Å². The number of aliphatic hydroxyl groups is 1. The first-order valence-electron chi connectivity index (χ1n) is 19.2. The second kappa shape index (κ2) is 16.4. The van der Waals surface area contributed by atoms with E-state index in [2.05, 4.69) is 30.3 Å². The van der Waals surface area contributed by atoms with Crippen molar-refractivity contribution in [1.29, 1.82) is 0 Å². The van der Waals surface area contributed by atoms with E-state index in [-0.39, 0.29) is 25.5 Å². The number of methoxy groups -OCH3 is 2. The van der Waals surface area contributed by atoms with Crippen LogP contribution in [0.25, 0.3) is 16.8 Å². The standard InChI is InChI=1S/C50H46O5P2/c1-54-33-47-39(34-56(52,41-21-7-3-8-22-41)42-23-9-4-10-24-42)31-37-19-15-17-29-45(37)48(47)49-46-30-18-16-20-38(46)32-40(50(49,51)36-55-2)35-57(53,43-25-11-5-12-26-43)44-27-13-6-14-28-44/h3-32,49,51H,33-36H2,1-2H3. The Balaban J connectivity index is 1.39. The van der Waals surface area contributed by atoms with E-state index in [0.717, 1.165) is 59.8 Å². The Labute approximate surface area is 335 Å². The third-order valence-electron chi connectivity index (χ3n) is 11.4. The van der Waals surface area contributed by atoms with Crippen molar-refractivity contribution in [3.63, 3.8) is 0 Å². The number of hydrogen-bond acceptors (Lipinski definition) is 5. The lowest BCUT2D eigenvalue weighted by Crippen LogP contribution is -2.47. The third kappa shape index (κ3) is 7.21. The van der Waals surface area contributed by atoms with E-state index in [9.17, 15) is 5.11 Å². The van der Waals surface area contributed by atoms with Gasteiger partial charge in [0.25, 0.3) is 0 Å². The Hall–Kier alpha value is -5.12. The molecule has 0 saturated carbocycles. The molecular formula is C50H46O5P2. The first-order chi connectivity index (χ1) is 27.8. The normalized spacial score (nSPS) is 16.9. The van der Waals surface area contributed by atoms with Gasteiger partial charge >= 0.3 is 0 Å². The van der Waals surface area contributed by atoms with E-state index >= 15 is 9.13 Å². The second-order valence-electron chi connectivity index (χ2n) is 14.8. The molecule has 0 aromatic heterocycles. The van der Waals surface area contributed by atoms with E-state index in [0.29, 0.717) is 5.57 Å². The molecule has 0 bridgehead atoms. The van der Waals surface area contributed by atoms with Gasteiger partial charge in [-0.2, -0.15) is 0 Å². The Kier molecular flexibility index (Phi) is 11.1. The Morgan fingerprint density at radius 2 is 1.05 bits per heavy atom. The summed E-state index contributed by atoms with van der Waals surface area (Å²) in [7, 11) is -3.32. The molecule has 0 fully saturated rings. The predicted molar refractivity (Wildman–Crippen MR) is 236 cm³/mol. The van der Waals surface area contributed by atoms with Gasteiger partial charge in [-0.25, -0.2) is 0 Å². The van der Waals surface area contributed by atoms with Crippen LogP contribution in [0.4, 0.5) is 0 Å². The van der Waals surface area contributed by atoms with Gasteiger partial charge in [0.2, 0.25) is 0 Å². The zero-order valence-corrected chi connectivity index (χ0v) is 34.0. The maximum absolute atomic E-state index is 15.8. The number of ether oxygens (including phenoxy) is 2. The molecule has 5 nitrogen and oxygen atoms in total. The highest BCUT2D eigenvalue weighted by Gasteiger charge is 2.49. The average Bonchev–Trinajstić information content (AvgIpc) is 3.26. The lowest BCUT2D eigenvalue weighted by Gasteiger charge is -2.44. The van der Waals surface area contributed by atoms with Crippen molar-refractivity contribution in [3.8, 4) is 0 Å². The average molecular weight is 789 g/mol. The van der Waals surface area contributed by atoms with E-state index < -0.39 is 25.8 Å². The molecule has 57 heavy (non-hydrogen) atoms. The van der Waals surface area contributed by atoms with Crippen molar-refractivity contribution in [2.75, 3.05) is 27.0 Å². The summed E-state index contributed by atoms with van der Waals surface area (Å²) in [5.41, 5.74) is 3.47. The highest BCUT2D eigenvalue weighted by Crippen LogP contribution is 2.56. The fourth-order valence-electron chi connectivity index (χ4n) is 8.72. The molecule has 0 saturated heterocycles. The van der Waals surface area contributed by atoms with Gasteiger partial charge in [0, 0.05) is 53.7 Å². The van der Waals surface area contributed by atoms with Crippen molar-refractivity contribution < 1.29 is 23.7 Å². The van der Waals surface area contributed by atoms with E-state index in [1.54, 1.807) is 14.2 Å². The van der Waals surface area contributed by atoms with Crippen LogP contribution in [0.15, 0.2) is 181 Å². The minimum absolute atomic E-state index is 0.0566. The van der Waals surface area contributed by atoms with Crippen LogP contribution in [-0.2, 0) is 31.4 Å². The minimum Gasteiger partial charge on any atom is -0.382 e. The summed E-state index contributed by atoms with van der Waals surface area (Å²) in [6.07, 6.45) is 2.36. The molecule has 0 radical (unpaired) electrons. The monoisotopic (exact) mass is 788 g/mol. The van der Waals surface area contributed by atoms with E-state index in [1.807, 2.05) is 152 Å². The van der Waals surface area contributed by atoms with Crippen molar-refractivity contribution in [2.45, 2.75) is 24.3 Å². The molecule has 7 heteroatoms. The topological polar surface area (TPSA) is 72.8 Å². The van der Waals surface area contributed by atoms with Crippen LogP contribution in [0.5, 0.6) is 0 Å². The van der Waals surface area contributed by atoms with Crippen molar-refractivity contribution >= 4 is 52.4 Å². The Morgan fingerprint density at radius 3 is 1.58 bits per heavy atom. The predicted octanol–water partition coefficient (Wildman–Crippen LogP) is 9.42. The van der Waals surface area contributed by atoms with Crippen molar-refractivity contribution in [1.82, 2.24) is 0 Å². The molecular weight excluding hydrogens is 742 g/mol. The van der Waals surface area contributed by atoms with Gasteiger partial charge < -0.3 is 23.7 Å². The lowest BCUT2D eigenvalue weighted by atomic mass is 9.67. The number of rotatable bonds is 13. The highest BCUT2D eigenvalue weighted by atomic mass is 31.2. The Bertz CT molecular complexity index is 2540. The van der Waals surface area contributed by atoms with Crippen LogP contribution in [0.2, 0.25) is 0 Å². The van der Waals surface area contributed by atoms with Crippen LogP contribution >= 0.6 is 14.3 Å². The van der Waals surface area contributed by atoms with Crippen molar-refractivity contribution in [3.05, 3.63) is 209 Å². The van der Waals surface area contributed by atoms with E-state index in [4.69, 9.17) is 9.47 Å². The molecule has 0 aliphatic heterocycles. The molecule has 7 aromatic rings. The first-order valence-corrected chi connectivity index (χ1v) is 23.0. The molecule has 2 unspecified atom stereocenters. The lowest BCUT2D eigenvalue weighted by molar-refractivity contribution is -0.0146. The molecule has 0 spiro atoms. The molecule has 8 rings (SSSR count). The smallest absolute Gasteiger partial charge is 0.147 e. The summed E-state index contributed by atoms with van der Waals surface area (Å²) >= 11 is 0. The minimum atomic E-state index is -3.35. The first kappa shape index (κ1) is 38.7. The fourth-order valence-corrected chi connectivity index (χ4v) is 14.3. The number of fused-ring (bicyclic) bond motifs is 2. The van der Waals surface area contributed by atoms with Gasteiger partial charge in [-0.1, -0.05) is 182 Å². The maximum atomic E-state index is 15.8. The maximum Gasteiger partial charge on any atom is 0.147 e. The summed E-state index contributed by atoms with van der Waals surface area (Å²) in [6, 6.07) is 57.1. The van der Waals surface area contributed by atoms with Gasteiger partial charge in [0.1, 0.15) is 19.9 Å². The number of benzene rings is 7. The molecule has 286 valence electrons. The molecule has 7 aromatic carbocycles. The quantitative estimate of drug-likeness (QED) is 0.118. The van der Waals surface area contributed by atoms with Crippen LogP contribution in [0.3, 0.4) is 0 Å². The summed E-state index contributed by atoms with van der Waals surface area (Å²) in [4.78, 5) is 0. The van der Waals surface area contributed by atoms with E-state index in [1.165, 1.54) is 0 Å². The molecule has 1 aliphatic rings. The number of hydrogen-bond donors (Lipinski definition) is 1. The van der Waals surface area contributed by atoms with Gasteiger partial charge in [-0.15, -0.1) is 0 Å². The Morgan fingerprint density at radius 1 is 0.579 bits per heavy atom. The SMILES string of the molecule is COCc1c(CP(=O)(c2ccccc2)c2ccccc2)cc2ccccc2c1C1c2ccccc2C=C(CP(=O)(c2ccccc2)c2ccccc2)C1(O)COC. The molecule has 1 N–H and O–H groups in total. The summed E-state index contributed by atoms with van der Waals surface area (Å²) in [6.45, 7) is 0.158. The molecule has 2 atom stereocenters. The van der Waals surface area contributed by atoms with Crippen molar-refractivity contribution in [2.24, 2.45) is 0 Å². The van der Waals surface area contributed by atoms with Crippen LogP contribution in [0, 0.1) is 0 Å². The summed E-state index contributed by atoms with van der Waals surface area (Å²) in [5, 5.41) is 18.6. The van der Waals surface area contributed by atoms with Crippen LogP contribution < -0.4 is 21.2 Å². The fraction of sp³-hybridized carbons (Fsp3) is 0.160. The van der Waals surface area contributed by atoms with Gasteiger partial charge in [0.05, 0.1) is 13.2 Å². The van der Waals surface area contributed by atoms with Gasteiger partial charge in [-0.3, -0.25) is 0 Å². The molecule has 1 aliphatic carbocycles. The van der Waals surface area contributed by atoms with Gasteiger partial charge in [0.15, 0.2) is 0 Å².